The van der Waals surface area contributed by atoms with Crippen molar-refractivity contribution in [2.24, 2.45) is 0 Å². The van der Waals surface area contributed by atoms with Gasteiger partial charge in [-0.15, -0.1) is 0 Å². The van der Waals surface area contributed by atoms with Gasteiger partial charge in [0.1, 0.15) is 5.82 Å². The van der Waals surface area contributed by atoms with Gasteiger partial charge < -0.3 is 5.32 Å². The fraction of sp³-hybridized carbons (Fsp3) is 0.143. The van der Waals surface area contributed by atoms with Crippen molar-refractivity contribution >= 4 is 0 Å². The number of hydrogen-bond acceptors (Lipinski definition) is 1. The number of halogens is 4. The van der Waals surface area contributed by atoms with Crippen molar-refractivity contribution in [1.82, 2.24) is 5.32 Å². The summed E-state index contributed by atoms with van der Waals surface area (Å²) in [5, 5.41) is 2.69. The van der Waals surface area contributed by atoms with Crippen LogP contribution in [0.2, 0.25) is 0 Å². The fourth-order valence-electron chi connectivity index (χ4n) is 1.95. The molecule has 2 aromatic carbocycles. The van der Waals surface area contributed by atoms with Crippen LogP contribution >= 0.6 is 0 Å². The zero-order chi connectivity index (χ0) is 14.0. The average molecular weight is 269 g/mol. The van der Waals surface area contributed by atoms with Crippen molar-refractivity contribution in [3.05, 3.63) is 70.8 Å². The van der Waals surface area contributed by atoms with Crippen LogP contribution in [0, 0.1) is 23.3 Å². The summed E-state index contributed by atoms with van der Waals surface area (Å²) in [5.41, 5.74) is 0.0152. The second-order valence-electron chi connectivity index (χ2n) is 4.01. The Hall–Kier alpha value is -1.88. The molecule has 0 saturated heterocycles. The first-order valence-corrected chi connectivity index (χ1v) is 5.61. The summed E-state index contributed by atoms with van der Waals surface area (Å²) in [5.74, 6) is -4.70. The van der Waals surface area contributed by atoms with E-state index >= 15 is 0 Å². The Labute approximate surface area is 107 Å². The minimum Gasteiger partial charge on any atom is -0.309 e. The highest BCUT2D eigenvalue weighted by atomic mass is 19.2. The van der Waals surface area contributed by atoms with E-state index < -0.39 is 29.3 Å². The van der Waals surface area contributed by atoms with E-state index in [0.717, 1.165) is 12.1 Å². The van der Waals surface area contributed by atoms with Gasteiger partial charge in [0, 0.05) is 11.1 Å². The van der Waals surface area contributed by atoms with Crippen molar-refractivity contribution in [2.45, 2.75) is 6.04 Å². The van der Waals surface area contributed by atoms with Crippen LogP contribution in [0.25, 0.3) is 0 Å². The highest BCUT2D eigenvalue weighted by Crippen LogP contribution is 2.28. The summed E-state index contributed by atoms with van der Waals surface area (Å²) in [4.78, 5) is 0. The summed E-state index contributed by atoms with van der Waals surface area (Å²) < 4.78 is 53.6. The lowest BCUT2D eigenvalue weighted by Crippen LogP contribution is -2.21. The highest BCUT2D eigenvalue weighted by Gasteiger charge is 2.22. The molecule has 2 rings (SSSR count). The van der Waals surface area contributed by atoms with E-state index in [9.17, 15) is 17.6 Å². The summed E-state index contributed by atoms with van der Waals surface area (Å²) >= 11 is 0. The molecule has 1 N–H and O–H groups in total. The molecule has 100 valence electrons. The van der Waals surface area contributed by atoms with Gasteiger partial charge in [-0.05, 0) is 19.2 Å². The topological polar surface area (TPSA) is 12.0 Å². The van der Waals surface area contributed by atoms with E-state index in [2.05, 4.69) is 5.32 Å². The Balaban J connectivity index is 2.55. The van der Waals surface area contributed by atoms with Crippen LogP contribution in [0.3, 0.4) is 0 Å². The standard InChI is InChI=1S/C14H11F4N/c1-19-14(8-4-2-3-5-10(8)15)9-6-7-11(16)13(18)12(9)17/h2-7,14,19H,1H3. The molecule has 2 aromatic rings. The lowest BCUT2D eigenvalue weighted by Gasteiger charge is -2.18. The van der Waals surface area contributed by atoms with Gasteiger partial charge in [-0.3, -0.25) is 0 Å². The second kappa shape index (κ2) is 5.40. The molecule has 0 aliphatic heterocycles. The molecular formula is C14H11F4N. The lowest BCUT2D eigenvalue weighted by atomic mass is 9.97. The molecule has 0 radical (unpaired) electrons. The van der Waals surface area contributed by atoms with E-state index in [1.807, 2.05) is 0 Å². The second-order valence-corrected chi connectivity index (χ2v) is 4.01. The average Bonchev–Trinajstić information content (AvgIpc) is 2.41. The largest absolute Gasteiger partial charge is 0.309 e. The van der Waals surface area contributed by atoms with Crippen LogP contribution in [0.15, 0.2) is 36.4 Å². The first kappa shape index (κ1) is 13.5. The third-order valence-corrected chi connectivity index (χ3v) is 2.88. The van der Waals surface area contributed by atoms with Crippen LogP contribution < -0.4 is 5.32 Å². The smallest absolute Gasteiger partial charge is 0.194 e. The van der Waals surface area contributed by atoms with E-state index in [1.54, 1.807) is 6.07 Å². The van der Waals surface area contributed by atoms with Gasteiger partial charge in [-0.2, -0.15) is 0 Å². The molecule has 0 amide bonds. The predicted molar refractivity (Wildman–Crippen MR) is 63.6 cm³/mol. The van der Waals surface area contributed by atoms with Crippen LogP contribution in [-0.4, -0.2) is 7.05 Å². The number of hydrogen-bond donors (Lipinski definition) is 1. The van der Waals surface area contributed by atoms with Crippen molar-refractivity contribution in [3.8, 4) is 0 Å². The number of rotatable bonds is 3. The van der Waals surface area contributed by atoms with Crippen molar-refractivity contribution in [2.75, 3.05) is 7.05 Å². The molecule has 0 aliphatic rings. The third-order valence-electron chi connectivity index (χ3n) is 2.88. The molecule has 0 aliphatic carbocycles. The van der Waals surface area contributed by atoms with Gasteiger partial charge in [0.25, 0.3) is 0 Å². The molecule has 0 bridgehead atoms. The maximum Gasteiger partial charge on any atom is 0.194 e. The van der Waals surface area contributed by atoms with Crippen LogP contribution in [-0.2, 0) is 0 Å². The van der Waals surface area contributed by atoms with Gasteiger partial charge >= 0.3 is 0 Å². The minimum absolute atomic E-state index is 0.147. The Morgan fingerprint density at radius 2 is 1.47 bits per heavy atom. The molecule has 5 heteroatoms. The van der Waals surface area contributed by atoms with Gasteiger partial charge in [-0.25, -0.2) is 17.6 Å². The van der Waals surface area contributed by atoms with Gasteiger partial charge in [0.2, 0.25) is 0 Å². The predicted octanol–water partition coefficient (Wildman–Crippen LogP) is 3.55. The Morgan fingerprint density at radius 3 is 2.11 bits per heavy atom. The SMILES string of the molecule is CNC(c1ccccc1F)c1ccc(F)c(F)c1F. The van der Waals surface area contributed by atoms with E-state index in [4.69, 9.17) is 0 Å². The van der Waals surface area contributed by atoms with E-state index in [0.29, 0.717) is 0 Å². The van der Waals surface area contributed by atoms with E-state index in [1.165, 1.54) is 25.2 Å². The Kier molecular flexibility index (Phi) is 3.85. The zero-order valence-electron chi connectivity index (χ0n) is 10.1. The monoisotopic (exact) mass is 269 g/mol. The molecule has 19 heavy (non-hydrogen) atoms. The van der Waals surface area contributed by atoms with Crippen LogP contribution in [0.1, 0.15) is 17.2 Å². The molecule has 0 aromatic heterocycles. The maximum atomic E-state index is 13.7. The van der Waals surface area contributed by atoms with Crippen molar-refractivity contribution in [1.29, 1.82) is 0 Å². The van der Waals surface area contributed by atoms with Crippen LogP contribution in [0.4, 0.5) is 17.6 Å². The highest BCUT2D eigenvalue weighted by molar-refractivity contribution is 5.34. The molecule has 0 heterocycles. The minimum atomic E-state index is -1.56. The third kappa shape index (κ3) is 2.46. The Bertz CT molecular complexity index is 598. The fourth-order valence-corrected chi connectivity index (χ4v) is 1.95. The first-order chi connectivity index (χ1) is 9.06. The molecule has 1 atom stereocenters. The van der Waals surface area contributed by atoms with E-state index in [-0.39, 0.29) is 11.1 Å². The van der Waals surface area contributed by atoms with Gasteiger partial charge in [0.05, 0.1) is 6.04 Å². The summed E-state index contributed by atoms with van der Waals surface area (Å²) in [6, 6.07) is 6.78. The number of benzene rings is 2. The lowest BCUT2D eigenvalue weighted by molar-refractivity contribution is 0.433. The number of nitrogens with one attached hydrogen (secondary N) is 1. The molecule has 1 nitrogen and oxygen atoms in total. The zero-order valence-corrected chi connectivity index (χ0v) is 10.1. The Morgan fingerprint density at radius 1 is 0.789 bits per heavy atom. The normalized spacial score (nSPS) is 12.5. The van der Waals surface area contributed by atoms with Crippen LogP contribution in [0.5, 0.6) is 0 Å². The maximum absolute atomic E-state index is 13.7. The van der Waals surface area contributed by atoms with Gasteiger partial charge in [-0.1, -0.05) is 24.3 Å². The quantitative estimate of drug-likeness (QED) is 0.663. The molecule has 0 saturated carbocycles. The molecule has 0 spiro atoms. The summed E-state index contributed by atoms with van der Waals surface area (Å²) in [6.07, 6.45) is 0. The first-order valence-electron chi connectivity index (χ1n) is 5.61. The molecular weight excluding hydrogens is 258 g/mol. The van der Waals surface area contributed by atoms with Crippen molar-refractivity contribution < 1.29 is 17.6 Å². The van der Waals surface area contributed by atoms with Crippen molar-refractivity contribution in [3.63, 3.8) is 0 Å². The summed E-state index contributed by atoms with van der Waals surface area (Å²) in [7, 11) is 1.48. The van der Waals surface area contributed by atoms with Gasteiger partial charge in [0.15, 0.2) is 17.5 Å². The molecule has 0 fully saturated rings. The summed E-state index contributed by atoms with van der Waals surface area (Å²) in [6.45, 7) is 0. The molecule has 1 unspecified atom stereocenters.